The van der Waals surface area contributed by atoms with Gasteiger partial charge in [0.1, 0.15) is 6.04 Å². The smallest absolute Gasteiger partial charge is 0.240 e. The van der Waals surface area contributed by atoms with Crippen LogP contribution in [0.15, 0.2) is 24.3 Å². The fourth-order valence-corrected chi connectivity index (χ4v) is 1.63. The molecule has 0 fully saturated rings. The van der Waals surface area contributed by atoms with E-state index in [1.54, 1.807) is 31.2 Å². The summed E-state index contributed by atoms with van der Waals surface area (Å²) in [6, 6.07) is 6.18. The Morgan fingerprint density at radius 2 is 2.06 bits per heavy atom. The maximum atomic E-state index is 11.4. The van der Waals surface area contributed by atoms with Crippen LogP contribution in [0.3, 0.4) is 0 Å². The third kappa shape index (κ3) is 4.25. The molecule has 1 atom stereocenters. The fourth-order valence-electron chi connectivity index (χ4n) is 1.44. The van der Waals surface area contributed by atoms with Crippen LogP contribution in [0.25, 0.3) is 0 Å². The van der Waals surface area contributed by atoms with E-state index in [9.17, 15) is 9.59 Å². The molecule has 0 aliphatic heterocycles. The van der Waals surface area contributed by atoms with Gasteiger partial charge in [-0.05, 0) is 19.1 Å². The molecule has 0 aliphatic carbocycles. The summed E-state index contributed by atoms with van der Waals surface area (Å²) < 4.78 is 0. The Labute approximate surface area is 111 Å². The molecule has 0 saturated carbocycles. The van der Waals surface area contributed by atoms with Crippen molar-refractivity contribution in [1.29, 1.82) is 0 Å². The monoisotopic (exact) mass is 269 g/mol. The van der Waals surface area contributed by atoms with Crippen LogP contribution in [0.4, 0.5) is 5.69 Å². The second kappa shape index (κ2) is 6.86. The van der Waals surface area contributed by atoms with Crippen LogP contribution in [-0.2, 0) is 9.59 Å². The topological polar surface area (TPSA) is 84.2 Å². The van der Waals surface area contributed by atoms with Crippen molar-refractivity contribution in [2.45, 2.75) is 19.4 Å². The molecule has 2 amide bonds. The zero-order valence-electron chi connectivity index (χ0n) is 10.1. The Morgan fingerprint density at radius 3 is 2.61 bits per heavy atom. The first-order valence-electron chi connectivity index (χ1n) is 5.61. The third-order valence-electron chi connectivity index (χ3n) is 2.31. The molecule has 0 aromatic heterocycles. The number of rotatable bonds is 6. The highest BCUT2D eigenvalue weighted by Gasteiger charge is 2.19. The number of nitrogens with one attached hydrogen (secondary N) is 2. The number of primary amides is 1. The van der Waals surface area contributed by atoms with Crippen molar-refractivity contribution in [2.75, 3.05) is 11.9 Å². The molecule has 98 valence electrons. The molecule has 4 N–H and O–H groups in total. The van der Waals surface area contributed by atoms with Gasteiger partial charge in [-0.3, -0.25) is 9.59 Å². The molecule has 0 heterocycles. The lowest BCUT2D eigenvalue weighted by Crippen LogP contribution is -2.40. The molecule has 1 rings (SSSR count). The van der Waals surface area contributed by atoms with E-state index in [-0.39, 0.29) is 12.3 Å². The number of para-hydroxylation sites is 1. The van der Waals surface area contributed by atoms with E-state index in [1.165, 1.54) is 0 Å². The van der Waals surface area contributed by atoms with Crippen LogP contribution in [0.5, 0.6) is 0 Å². The molecular formula is C12H16ClN3O2. The van der Waals surface area contributed by atoms with Crippen LogP contribution >= 0.6 is 11.6 Å². The van der Waals surface area contributed by atoms with E-state index >= 15 is 0 Å². The van der Waals surface area contributed by atoms with E-state index in [4.69, 9.17) is 17.3 Å². The number of hydrogen-bond donors (Lipinski definition) is 3. The summed E-state index contributed by atoms with van der Waals surface area (Å²) in [7, 11) is 0. The molecule has 1 aromatic carbocycles. The van der Waals surface area contributed by atoms with Crippen molar-refractivity contribution in [1.82, 2.24) is 5.32 Å². The van der Waals surface area contributed by atoms with Crippen molar-refractivity contribution in [3.05, 3.63) is 29.3 Å². The summed E-state index contributed by atoms with van der Waals surface area (Å²) in [5.74, 6) is -0.831. The van der Waals surface area contributed by atoms with Gasteiger partial charge in [-0.25, -0.2) is 0 Å². The highest BCUT2D eigenvalue weighted by atomic mass is 35.5. The van der Waals surface area contributed by atoms with Gasteiger partial charge in [0.15, 0.2) is 0 Å². The predicted octanol–water partition coefficient (Wildman–Crippen LogP) is 1.13. The van der Waals surface area contributed by atoms with Crippen LogP contribution in [0.1, 0.15) is 13.3 Å². The molecule has 5 nitrogen and oxygen atoms in total. The highest BCUT2D eigenvalue weighted by molar-refractivity contribution is 6.33. The van der Waals surface area contributed by atoms with E-state index in [0.717, 1.165) is 0 Å². The van der Waals surface area contributed by atoms with Gasteiger partial charge in [0.25, 0.3) is 0 Å². The van der Waals surface area contributed by atoms with E-state index < -0.39 is 11.9 Å². The molecule has 0 spiro atoms. The van der Waals surface area contributed by atoms with E-state index in [2.05, 4.69) is 10.6 Å². The Morgan fingerprint density at radius 1 is 1.39 bits per heavy atom. The highest BCUT2D eigenvalue weighted by Crippen LogP contribution is 2.21. The molecule has 0 bridgehead atoms. The minimum Gasteiger partial charge on any atom is -0.372 e. The van der Waals surface area contributed by atoms with Gasteiger partial charge in [0.2, 0.25) is 11.8 Å². The number of halogens is 1. The van der Waals surface area contributed by atoms with Crippen molar-refractivity contribution >= 4 is 29.1 Å². The molecule has 0 radical (unpaired) electrons. The largest absolute Gasteiger partial charge is 0.372 e. The van der Waals surface area contributed by atoms with Gasteiger partial charge in [0, 0.05) is 6.54 Å². The zero-order valence-corrected chi connectivity index (χ0v) is 10.8. The SMILES string of the molecule is CCNC(=O)CC(Nc1ccccc1Cl)C(N)=O. The van der Waals surface area contributed by atoms with Crippen molar-refractivity contribution < 1.29 is 9.59 Å². The first-order valence-corrected chi connectivity index (χ1v) is 5.99. The molecule has 1 unspecified atom stereocenters. The first kappa shape index (κ1) is 14.3. The van der Waals surface area contributed by atoms with E-state index in [0.29, 0.717) is 17.3 Å². The normalized spacial score (nSPS) is 11.7. The number of anilines is 1. The molecule has 18 heavy (non-hydrogen) atoms. The predicted molar refractivity (Wildman–Crippen MR) is 71.4 cm³/mol. The van der Waals surface area contributed by atoms with Gasteiger partial charge < -0.3 is 16.4 Å². The number of hydrogen-bond acceptors (Lipinski definition) is 3. The van der Waals surface area contributed by atoms with Gasteiger partial charge in [0.05, 0.1) is 17.1 Å². The summed E-state index contributed by atoms with van der Waals surface area (Å²) in [4.78, 5) is 22.7. The van der Waals surface area contributed by atoms with E-state index in [1.807, 2.05) is 0 Å². The van der Waals surface area contributed by atoms with Gasteiger partial charge >= 0.3 is 0 Å². The second-order valence-corrected chi connectivity index (χ2v) is 4.14. The average Bonchev–Trinajstić information content (AvgIpc) is 2.31. The minimum atomic E-state index is -0.781. The number of carbonyl (C=O) groups is 2. The summed E-state index contributed by atoms with van der Waals surface area (Å²) in [5, 5.41) is 5.95. The van der Waals surface area contributed by atoms with Crippen molar-refractivity contribution in [3.63, 3.8) is 0 Å². The maximum absolute atomic E-state index is 11.4. The van der Waals surface area contributed by atoms with Crippen LogP contribution in [0.2, 0.25) is 5.02 Å². The quantitative estimate of drug-likeness (QED) is 0.724. The summed E-state index contributed by atoms with van der Waals surface area (Å²) in [6.07, 6.45) is -0.0194. The van der Waals surface area contributed by atoms with Gasteiger partial charge in [-0.1, -0.05) is 23.7 Å². The fraction of sp³-hybridized carbons (Fsp3) is 0.333. The lowest BCUT2D eigenvalue weighted by Gasteiger charge is -2.17. The van der Waals surface area contributed by atoms with Crippen LogP contribution < -0.4 is 16.4 Å². The van der Waals surface area contributed by atoms with Crippen LogP contribution in [0, 0.1) is 0 Å². The second-order valence-electron chi connectivity index (χ2n) is 3.74. The molecular weight excluding hydrogens is 254 g/mol. The summed E-state index contributed by atoms with van der Waals surface area (Å²) in [5.41, 5.74) is 5.83. The summed E-state index contributed by atoms with van der Waals surface area (Å²) >= 11 is 5.96. The Bertz CT molecular complexity index is 437. The van der Waals surface area contributed by atoms with Crippen molar-refractivity contribution in [3.8, 4) is 0 Å². The Kier molecular flexibility index (Phi) is 5.45. The Balaban J connectivity index is 2.72. The molecule has 0 saturated heterocycles. The van der Waals surface area contributed by atoms with Gasteiger partial charge in [-0.15, -0.1) is 0 Å². The molecule has 1 aromatic rings. The van der Waals surface area contributed by atoms with Gasteiger partial charge in [-0.2, -0.15) is 0 Å². The molecule has 6 heteroatoms. The standard InChI is InChI=1S/C12H16ClN3O2/c1-2-15-11(17)7-10(12(14)18)16-9-6-4-3-5-8(9)13/h3-6,10,16H,2,7H2,1H3,(H2,14,18)(H,15,17). The van der Waals surface area contributed by atoms with Crippen molar-refractivity contribution in [2.24, 2.45) is 5.73 Å². The average molecular weight is 270 g/mol. The minimum absolute atomic E-state index is 0.0194. The molecule has 0 aliphatic rings. The number of nitrogens with two attached hydrogens (primary N) is 1. The summed E-state index contributed by atoms with van der Waals surface area (Å²) in [6.45, 7) is 2.31. The lowest BCUT2D eigenvalue weighted by atomic mass is 10.1. The number of benzene rings is 1. The third-order valence-corrected chi connectivity index (χ3v) is 2.64. The Hall–Kier alpha value is -1.75. The number of carbonyl (C=O) groups excluding carboxylic acids is 2. The maximum Gasteiger partial charge on any atom is 0.240 e. The number of amides is 2. The van der Waals surface area contributed by atoms with Crippen LogP contribution in [-0.4, -0.2) is 24.4 Å². The first-order chi connectivity index (χ1) is 8.54. The zero-order chi connectivity index (χ0) is 13.5. The lowest BCUT2D eigenvalue weighted by molar-refractivity contribution is -0.125.